The number of nitrogens with zero attached hydrogens (tertiary/aromatic N) is 1. The predicted molar refractivity (Wildman–Crippen MR) is 78.5 cm³/mol. The summed E-state index contributed by atoms with van der Waals surface area (Å²) in [6, 6.07) is 2.56. The molecule has 1 saturated carbocycles. The minimum absolute atomic E-state index is 0.0604. The first-order valence-corrected chi connectivity index (χ1v) is 8.05. The predicted octanol–water partition coefficient (Wildman–Crippen LogP) is 2.53. The van der Waals surface area contributed by atoms with Crippen molar-refractivity contribution in [2.75, 3.05) is 0 Å². The molecule has 0 saturated heterocycles. The van der Waals surface area contributed by atoms with Gasteiger partial charge in [-0.25, -0.2) is 8.42 Å². The Bertz CT molecular complexity index is 686. The fourth-order valence-corrected chi connectivity index (χ4v) is 3.93. The van der Waals surface area contributed by atoms with Crippen molar-refractivity contribution in [2.45, 2.75) is 37.4 Å². The lowest BCUT2D eigenvalue weighted by atomic mass is 9.77. The zero-order chi connectivity index (χ0) is 15.8. The summed E-state index contributed by atoms with van der Waals surface area (Å²) in [6.45, 7) is 1.78. The molecule has 1 aromatic carbocycles. The highest BCUT2D eigenvalue weighted by atomic mass is 35.5. The van der Waals surface area contributed by atoms with Gasteiger partial charge in [-0.05, 0) is 48.9 Å². The number of benzene rings is 1. The van der Waals surface area contributed by atoms with Crippen molar-refractivity contribution in [1.29, 1.82) is 0 Å². The van der Waals surface area contributed by atoms with Gasteiger partial charge in [0.2, 0.25) is 0 Å². The van der Waals surface area contributed by atoms with Gasteiger partial charge in [0.05, 0.1) is 10.5 Å². The van der Waals surface area contributed by atoms with Crippen LogP contribution >= 0.6 is 11.6 Å². The molecule has 0 unspecified atom stereocenters. The number of hydrogen-bond acceptors (Lipinski definition) is 5. The van der Waals surface area contributed by atoms with Gasteiger partial charge in [-0.3, -0.25) is 14.9 Å². The molecule has 0 heterocycles. The van der Waals surface area contributed by atoms with E-state index in [4.69, 9.17) is 11.6 Å². The van der Waals surface area contributed by atoms with Crippen LogP contribution in [-0.2, 0) is 21.9 Å². The second-order valence-electron chi connectivity index (χ2n) is 5.05. The fraction of sp³-hybridized carbons (Fsp3) is 0.462. The van der Waals surface area contributed by atoms with Gasteiger partial charge in [-0.15, -0.1) is 0 Å². The maximum atomic E-state index is 11.6. The van der Waals surface area contributed by atoms with Crippen LogP contribution in [0.4, 0.5) is 5.69 Å². The molecular weight excluding hydrogens is 318 g/mol. The summed E-state index contributed by atoms with van der Waals surface area (Å²) in [5, 5.41) is 10.5. The van der Waals surface area contributed by atoms with E-state index in [9.17, 15) is 23.3 Å². The number of aryl methyl sites for hydroxylation is 1. The summed E-state index contributed by atoms with van der Waals surface area (Å²) in [5.74, 6) is 0. The zero-order valence-corrected chi connectivity index (χ0v) is 12.9. The number of hydrogen-bond donors (Lipinski definition) is 1. The summed E-state index contributed by atoms with van der Waals surface area (Å²) >= 11 is 5.46. The number of nitro groups is 1. The Morgan fingerprint density at radius 2 is 2.05 bits per heavy atom. The van der Waals surface area contributed by atoms with Crippen LogP contribution in [0.5, 0.6) is 0 Å². The summed E-state index contributed by atoms with van der Waals surface area (Å²) in [4.78, 5) is 22.0. The van der Waals surface area contributed by atoms with Crippen molar-refractivity contribution in [1.82, 2.24) is 0 Å². The second-order valence-corrected chi connectivity index (χ2v) is 6.77. The molecule has 21 heavy (non-hydrogen) atoms. The summed E-state index contributed by atoms with van der Waals surface area (Å²) in [7, 11) is -2.84. The molecule has 2 rings (SSSR count). The van der Waals surface area contributed by atoms with E-state index in [1.54, 1.807) is 6.92 Å². The monoisotopic (exact) mass is 331 g/mol. The van der Waals surface area contributed by atoms with E-state index >= 15 is 0 Å². The third-order valence-corrected chi connectivity index (χ3v) is 5.63. The Morgan fingerprint density at radius 1 is 1.43 bits per heavy atom. The van der Waals surface area contributed by atoms with Crippen LogP contribution in [0, 0.1) is 10.1 Å². The van der Waals surface area contributed by atoms with Gasteiger partial charge in [-0.2, -0.15) is 0 Å². The molecule has 1 fully saturated rings. The first-order chi connectivity index (χ1) is 9.83. The molecule has 0 amide bonds. The molecule has 1 aromatic rings. The number of carbonyl (C=O) groups excluding carboxylic acids is 1. The minimum Gasteiger partial charge on any atom is -0.276 e. The first-order valence-electron chi connectivity index (χ1n) is 6.49. The Labute approximate surface area is 128 Å². The number of halogens is 1. The number of rotatable bonds is 5. The quantitative estimate of drug-likeness (QED) is 0.387. The summed E-state index contributed by atoms with van der Waals surface area (Å²) in [5.41, 5.74) is 0.410. The minimum atomic E-state index is -2.84. The smallest absolute Gasteiger partial charge is 0.274 e. The van der Waals surface area contributed by atoms with Gasteiger partial charge in [0.1, 0.15) is 15.5 Å². The van der Waals surface area contributed by atoms with Gasteiger partial charge in [0.15, 0.2) is 0 Å². The van der Waals surface area contributed by atoms with Crippen molar-refractivity contribution < 1.29 is 18.1 Å². The molecule has 0 aromatic heterocycles. The molecule has 0 spiro atoms. The molecule has 8 heteroatoms. The van der Waals surface area contributed by atoms with Crippen molar-refractivity contribution in [3.05, 3.63) is 38.9 Å². The Morgan fingerprint density at radius 3 is 2.38 bits per heavy atom. The standard InChI is InChI=1S/C13H14ClNO5S/c1-2-8-6-10(13(21(19)20)4-3-5-13)11(15(17)18)7-9(8)12(14)16/h6-7,21H,2-5H2,1H3. The van der Waals surface area contributed by atoms with Crippen molar-refractivity contribution in [3.8, 4) is 0 Å². The molecule has 1 aliphatic rings. The van der Waals surface area contributed by atoms with Crippen LogP contribution in [0.25, 0.3) is 0 Å². The number of thiol groups is 1. The highest BCUT2D eigenvalue weighted by Crippen LogP contribution is 2.48. The highest BCUT2D eigenvalue weighted by molar-refractivity contribution is 7.73. The van der Waals surface area contributed by atoms with Gasteiger partial charge in [-0.1, -0.05) is 6.92 Å². The molecule has 114 valence electrons. The topological polar surface area (TPSA) is 94.3 Å². The highest BCUT2D eigenvalue weighted by Gasteiger charge is 2.46. The molecule has 1 aliphatic carbocycles. The van der Waals surface area contributed by atoms with E-state index in [0.29, 0.717) is 31.2 Å². The first kappa shape index (κ1) is 15.9. The van der Waals surface area contributed by atoms with E-state index in [2.05, 4.69) is 0 Å². The second kappa shape index (κ2) is 5.73. The Hall–Kier alpha value is -1.47. The molecular formula is C13H14ClNO5S. The molecule has 0 N–H and O–H groups in total. The zero-order valence-electron chi connectivity index (χ0n) is 11.3. The van der Waals surface area contributed by atoms with Crippen LogP contribution in [0.15, 0.2) is 12.1 Å². The van der Waals surface area contributed by atoms with Crippen LogP contribution < -0.4 is 0 Å². The molecule has 0 atom stereocenters. The lowest BCUT2D eigenvalue weighted by molar-refractivity contribution is -0.386. The van der Waals surface area contributed by atoms with Gasteiger partial charge in [0.25, 0.3) is 10.9 Å². The lowest BCUT2D eigenvalue weighted by Gasteiger charge is -2.36. The molecule has 0 bridgehead atoms. The maximum Gasteiger partial charge on any atom is 0.274 e. The van der Waals surface area contributed by atoms with Crippen molar-refractivity contribution >= 4 is 33.2 Å². The molecule has 0 aliphatic heterocycles. The SMILES string of the molecule is CCc1cc(C2([SH](=O)=O)CCC2)c([N+](=O)[O-])cc1C(=O)Cl. The van der Waals surface area contributed by atoms with Gasteiger partial charge < -0.3 is 0 Å². The third-order valence-electron chi connectivity index (χ3n) is 4.04. The largest absolute Gasteiger partial charge is 0.276 e. The normalized spacial score (nSPS) is 16.5. The maximum absolute atomic E-state index is 11.6. The van der Waals surface area contributed by atoms with Crippen LogP contribution in [0.3, 0.4) is 0 Å². The number of carbonyl (C=O) groups is 1. The molecule has 6 nitrogen and oxygen atoms in total. The van der Waals surface area contributed by atoms with E-state index in [-0.39, 0.29) is 16.8 Å². The van der Waals surface area contributed by atoms with E-state index in [1.807, 2.05) is 0 Å². The summed E-state index contributed by atoms with van der Waals surface area (Å²) in [6.07, 6.45) is 1.87. The van der Waals surface area contributed by atoms with Crippen LogP contribution in [0.2, 0.25) is 0 Å². The van der Waals surface area contributed by atoms with Gasteiger partial charge >= 0.3 is 0 Å². The fourth-order valence-electron chi connectivity index (χ4n) is 2.69. The van der Waals surface area contributed by atoms with Crippen LogP contribution in [0.1, 0.15) is 47.7 Å². The van der Waals surface area contributed by atoms with Crippen molar-refractivity contribution in [2.24, 2.45) is 0 Å². The Kier molecular flexibility index (Phi) is 4.34. The molecule has 0 radical (unpaired) electrons. The summed E-state index contributed by atoms with van der Waals surface area (Å²) < 4.78 is 22.1. The van der Waals surface area contributed by atoms with E-state index in [0.717, 1.165) is 6.07 Å². The van der Waals surface area contributed by atoms with Crippen LogP contribution in [-0.4, -0.2) is 18.6 Å². The van der Waals surface area contributed by atoms with Gasteiger partial charge in [0, 0.05) is 11.6 Å². The van der Waals surface area contributed by atoms with Crippen molar-refractivity contribution in [3.63, 3.8) is 0 Å². The average Bonchev–Trinajstić information content (AvgIpc) is 2.35. The average molecular weight is 332 g/mol. The number of nitro benzene ring substituents is 1. The van der Waals surface area contributed by atoms with E-state index < -0.39 is 25.6 Å². The van der Waals surface area contributed by atoms with E-state index in [1.165, 1.54) is 6.07 Å². The lowest BCUT2D eigenvalue weighted by Crippen LogP contribution is -2.36. The third kappa shape index (κ3) is 2.55. The Balaban J connectivity index is 2.76.